The Morgan fingerprint density at radius 3 is 2.81 bits per heavy atom. The molecule has 1 N–H and O–H groups in total. The van der Waals surface area contributed by atoms with E-state index in [4.69, 9.17) is 11.6 Å². The van der Waals surface area contributed by atoms with E-state index in [1.54, 1.807) is 18.2 Å². The van der Waals surface area contributed by atoms with E-state index in [-0.39, 0.29) is 11.6 Å². The molecular weight excluding hydrogens is 286 g/mol. The molecule has 0 amide bonds. The molecule has 2 aromatic carbocycles. The van der Waals surface area contributed by atoms with Crippen molar-refractivity contribution in [2.45, 2.75) is 12.5 Å². The molecular formula is C16H12ClN3O. The zero-order chi connectivity index (χ0) is 14.4. The highest BCUT2D eigenvalue weighted by atomic mass is 35.5. The Kier molecular flexibility index (Phi) is 2.72. The van der Waals surface area contributed by atoms with Gasteiger partial charge in [0, 0.05) is 11.4 Å². The lowest BCUT2D eigenvalue weighted by molar-refractivity contribution is 0.771. The lowest BCUT2D eigenvalue weighted by Gasteiger charge is -2.11. The highest BCUT2D eigenvalue weighted by molar-refractivity contribution is 6.31. The standard InChI is InChI=1S/C16H12ClN3O/c17-11-6-7-13-12(8-11)16(21)20-15(18-13)9-14(19-20)10-4-2-1-3-5-10/h1-8,14,19H,9H2. The fourth-order valence-corrected chi connectivity index (χ4v) is 2.91. The molecule has 0 fully saturated rings. The normalized spacial score (nSPS) is 16.7. The third-order valence-electron chi connectivity index (χ3n) is 3.77. The van der Waals surface area contributed by atoms with Gasteiger partial charge in [-0.25, -0.2) is 9.66 Å². The van der Waals surface area contributed by atoms with E-state index in [1.807, 2.05) is 30.3 Å². The maximum absolute atomic E-state index is 12.6. The zero-order valence-corrected chi connectivity index (χ0v) is 11.8. The minimum atomic E-state index is -0.101. The Bertz CT molecular complexity index is 889. The Balaban J connectivity index is 1.84. The number of nitrogens with zero attached hydrogens (tertiary/aromatic N) is 2. The number of rotatable bonds is 1. The van der Waals surface area contributed by atoms with Crippen LogP contribution in [0.5, 0.6) is 0 Å². The third kappa shape index (κ3) is 1.99. The molecule has 1 aromatic heterocycles. The number of fused-ring (bicyclic) bond motifs is 2. The van der Waals surface area contributed by atoms with Crippen LogP contribution in [0.1, 0.15) is 17.4 Å². The van der Waals surface area contributed by atoms with Gasteiger partial charge in [0.05, 0.1) is 16.9 Å². The summed E-state index contributed by atoms with van der Waals surface area (Å²) in [5, 5.41) is 1.08. The highest BCUT2D eigenvalue weighted by Crippen LogP contribution is 2.24. The van der Waals surface area contributed by atoms with E-state index in [0.717, 1.165) is 11.4 Å². The summed E-state index contributed by atoms with van der Waals surface area (Å²) in [6.07, 6.45) is 0.692. The number of hydrogen-bond acceptors (Lipinski definition) is 3. The predicted molar refractivity (Wildman–Crippen MR) is 83.3 cm³/mol. The van der Waals surface area contributed by atoms with E-state index in [9.17, 15) is 4.79 Å². The van der Waals surface area contributed by atoms with Gasteiger partial charge in [0.1, 0.15) is 5.82 Å². The summed E-state index contributed by atoms with van der Waals surface area (Å²) in [6, 6.07) is 15.3. The largest absolute Gasteiger partial charge is 0.314 e. The van der Waals surface area contributed by atoms with Crippen molar-refractivity contribution in [3.05, 3.63) is 75.3 Å². The van der Waals surface area contributed by atoms with Crippen LogP contribution in [-0.2, 0) is 6.42 Å². The Hall–Kier alpha value is -2.33. The van der Waals surface area contributed by atoms with Gasteiger partial charge in [-0.3, -0.25) is 4.79 Å². The van der Waals surface area contributed by atoms with Gasteiger partial charge in [-0.1, -0.05) is 41.9 Å². The van der Waals surface area contributed by atoms with Crippen LogP contribution in [0.3, 0.4) is 0 Å². The molecule has 0 aliphatic carbocycles. The van der Waals surface area contributed by atoms with Crippen LogP contribution >= 0.6 is 11.6 Å². The first-order valence-corrected chi connectivity index (χ1v) is 7.13. The van der Waals surface area contributed by atoms with Gasteiger partial charge >= 0.3 is 0 Å². The van der Waals surface area contributed by atoms with Gasteiger partial charge in [0.2, 0.25) is 0 Å². The van der Waals surface area contributed by atoms with Crippen LogP contribution in [0.15, 0.2) is 53.3 Å². The van der Waals surface area contributed by atoms with Gasteiger partial charge in [-0.2, -0.15) is 0 Å². The van der Waals surface area contributed by atoms with E-state index in [2.05, 4.69) is 10.4 Å². The second-order valence-corrected chi connectivity index (χ2v) is 5.56. The second kappa shape index (κ2) is 4.60. The van der Waals surface area contributed by atoms with Crippen molar-refractivity contribution in [1.29, 1.82) is 0 Å². The molecule has 0 spiro atoms. The molecule has 0 saturated carbocycles. The summed E-state index contributed by atoms with van der Waals surface area (Å²) in [6.45, 7) is 0. The molecule has 4 nitrogen and oxygen atoms in total. The minimum Gasteiger partial charge on any atom is -0.314 e. The fourth-order valence-electron chi connectivity index (χ4n) is 2.74. The number of benzene rings is 2. The van der Waals surface area contributed by atoms with Crippen molar-refractivity contribution in [3.63, 3.8) is 0 Å². The maximum atomic E-state index is 12.6. The van der Waals surface area contributed by atoms with Gasteiger partial charge in [-0.15, -0.1) is 0 Å². The van der Waals surface area contributed by atoms with Crippen LogP contribution < -0.4 is 11.0 Å². The van der Waals surface area contributed by atoms with Gasteiger partial charge in [0.25, 0.3) is 5.56 Å². The number of hydrogen-bond donors (Lipinski definition) is 1. The summed E-state index contributed by atoms with van der Waals surface area (Å²) in [5.74, 6) is 0.753. The van der Waals surface area contributed by atoms with Crippen molar-refractivity contribution >= 4 is 22.5 Å². The smallest absolute Gasteiger partial charge is 0.280 e. The van der Waals surface area contributed by atoms with Crippen LogP contribution in [0.25, 0.3) is 10.9 Å². The molecule has 21 heavy (non-hydrogen) atoms. The Morgan fingerprint density at radius 2 is 2.00 bits per heavy atom. The summed E-state index contributed by atoms with van der Waals surface area (Å²) in [5.41, 5.74) is 4.96. The molecule has 104 valence electrons. The lowest BCUT2D eigenvalue weighted by Crippen LogP contribution is -2.27. The molecule has 1 unspecified atom stereocenters. The Labute approximate surface area is 126 Å². The first-order chi connectivity index (χ1) is 10.2. The molecule has 4 rings (SSSR count). The third-order valence-corrected chi connectivity index (χ3v) is 4.01. The highest BCUT2D eigenvalue weighted by Gasteiger charge is 2.25. The Morgan fingerprint density at radius 1 is 1.19 bits per heavy atom. The quantitative estimate of drug-likeness (QED) is 0.751. The van der Waals surface area contributed by atoms with Crippen molar-refractivity contribution in [2.24, 2.45) is 0 Å². The maximum Gasteiger partial charge on any atom is 0.280 e. The SMILES string of the molecule is O=c1c2cc(Cl)ccc2nc2n1NC(c1ccccc1)C2. The van der Waals surface area contributed by atoms with E-state index < -0.39 is 0 Å². The van der Waals surface area contributed by atoms with Crippen molar-refractivity contribution in [1.82, 2.24) is 9.66 Å². The summed E-state index contributed by atoms with van der Waals surface area (Å²) >= 11 is 5.97. The topological polar surface area (TPSA) is 46.9 Å². The first-order valence-electron chi connectivity index (χ1n) is 6.75. The predicted octanol–water partition coefficient (Wildman–Crippen LogP) is 2.89. The van der Waals surface area contributed by atoms with Crippen molar-refractivity contribution in [3.8, 4) is 0 Å². The minimum absolute atomic E-state index is 0.0682. The fraction of sp³-hybridized carbons (Fsp3) is 0.125. The van der Waals surface area contributed by atoms with E-state index >= 15 is 0 Å². The van der Waals surface area contributed by atoms with E-state index in [0.29, 0.717) is 22.3 Å². The summed E-state index contributed by atoms with van der Waals surface area (Å²) in [4.78, 5) is 17.1. The molecule has 5 heteroatoms. The number of nitrogens with one attached hydrogen (secondary N) is 1. The molecule has 1 atom stereocenters. The zero-order valence-electron chi connectivity index (χ0n) is 11.1. The van der Waals surface area contributed by atoms with Crippen LogP contribution in [0.2, 0.25) is 5.02 Å². The average molecular weight is 298 g/mol. The van der Waals surface area contributed by atoms with E-state index in [1.165, 1.54) is 4.68 Å². The summed E-state index contributed by atoms with van der Waals surface area (Å²) in [7, 11) is 0. The summed E-state index contributed by atoms with van der Waals surface area (Å²) < 4.78 is 1.54. The second-order valence-electron chi connectivity index (χ2n) is 5.13. The molecule has 0 bridgehead atoms. The van der Waals surface area contributed by atoms with Crippen LogP contribution in [0, 0.1) is 0 Å². The van der Waals surface area contributed by atoms with Crippen molar-refractivity contribution in [2.75, 3.05) is 5.43 Å². The number of halogens is 1. The van der Waals surface area contributed by atoms with Crippen LogP contribution in [0.4, 0.5) is 0 Å². The molecule has 0 saturated heterocycles. The van der Waals surface area contributed by atoms with Gasteiger partial charge < -0.3 is 5.43 Å². The molecule has 0 radical (unpaired) electrons. The molecule has 1 aliphatic rings. The molecule has 3 aromatic rings. The van der Waals surface area contributed by atoms with Crippen molar-refractivity contribution < 1.29 is 0 Å². The monoisotopic (exact) mass is 297 g/mol. The lowest BCUT2D eigenvalue weighted by atomic mass is 10.1. The van der Waals surface area contributed by atoms with Gasteiger partial charge in [-0.05, 0) is 23.8 Å². The number of aromatic nitrogens is 2. The first kappa shape index (κ1) is 12.4. The van der Waals surface area contributed by atoms with Crippen LogP contribution in [-0.4, -0.2) is 9.66 Å². The molecule has 1 aliphatic heterocycles. The average Bonchev–Trinajstić information content (AvgIpc) is 2.94. The molecule has 2 heterocycles. The van der Waals surface area contributed by atoms with Gasteiger partial charge in [0.15, 0.2) is 0 Å².